The molecule has 0 N–H and O–H groups in total. The predicted octanol–water partition coefficient (Wildman–Crippen LogP) is 5.69. The molecule has 2 amide bonds. The van der Waals surface area contributed by atoms with Crippen LogP contribution in [0.4, 0.5) is 10.1 Å². The van der Waals surface area contributed by atoms with Gasteiger partial charge in [-0.25, -0.2) is 4.39 Å². The van der Waals surface area contributed by atoms with Gasteiger partial charge in [0.15, 0.2) is 11.0 Å². The summed E-state index contributed by atoms with van der Waals surface area (Å²) >= 11 is 0. The van der Waals surface area contributed by atoms with Crippen molar-refractivity contribution in [3.8, 4) is 0 Å². The average molecular weight is 531 g/mol. The Kier molecular flexibility index (Phi) is 5.25. The van der Waals surface area contributed by atoms with Crippen LogP contribution in [0.5, 0.6) is 0 Å². The highest BCUT2D eigenvalue weighted by molar-refractivity contribution is 6.17. The number of halogens is 1. The summed E-state index contributed by atoms with van der Waals surface area (Å²) in [4.78, 5) is 46.2. The molecule has 0 aliphatic carbocycles. The summed E-state index contributed by atoms with van der Waals surface area (Å²) in [5.74, 6) is -1.80. The minimum Gasteiger partial charge on any atom is -0.450 e. The number of hydrogen-bond donors (Lipinski definition) is 0. The third-order valence-electron chi connectivity index (χ3n) is 7.80. The van der Waals surface area contributed by atoms with E-state index in [1.807, 2.05) is 73.7 Å². The van der Waals surface area contributed by atoms with E-state index in [9.17, 15) is 18.8 Å². The van der Waals surface area contributed by atoms with Gasteiger partial charge in [0.25, 0.3) is 11.8 Å². The van der Waals surface area contributed by atoms with Crippen molar-refractivity contribution < 1.29 is 18.4 Å². The summed E-state index contributed by atoms with van der Waals surface area (Å²) in [6, 6.07) is 28.0. The molecule has 0 bridgehead atoms. The zero-order valence-electron chi connectivity index (χ0n) is 21.6. The van der Waals surface area contributed by atoms with E-state index in [1.54, 1.807) is 17.0 Å². The fraction of sp³-hybridized carbons (Fsp3) is 0.121. The van der Waals surface area contributed by atoms with Crippen molar-refractivity contribution in [3.05, 3.63) is 147 Å². The van der Waals surface area contributed by atoms with Crippen LogP contribution in [0.3, 0.4) is 0 Å². The van der Waals surface area contributed by atoms with Crippen LogP contribution >= 0.6 is 0 Å². The first kappa shape index (κ1) is 24.0. The quantitative estimate of drug-likeness (QED) is 0.300. The van der Waals surface area contributed by atoms with Crippen LogP contribution in [-0.2, 0) is 23.4 Å². The SMILES string of the molecule is Cc1cccc(CN2C(=O)C3(c4ccccc42)c2c(oc4ccc(F)cc4c2=O)C(=O)N3Cc2ccccc2)c1. The Labute approximate surface area is 228 Å². The van der Waals surface area contributed by atoms with Gasteiger partial charge in [0.05, 0.1) is 23.2 Å². The summed E-state index contributed by atoms with van der Waals surface area (Å²) in [5.41, 5.74) is 1.50. The fourth-order valence-corrected chi connectivity index (χ4v) is 6.10. The molecule has 2 aliphatic rings. The summed E-state index contributed by atoms with van der Waals surface area (Å²) in [6.45, 7) is 2.29. The van der Waals surface area contributed by atoms with E-state index in [1.165, 1.54) is 17.0 Å². The number of nitrogens with zero attached hydrogens (tertiary/aromatic N) is 2. The molecule has 0 fully saturated rings. The van der Waals surface area contributed by atoms with Gasteiger partial charge < -0.3 is 14.2 Å². The third kappa shape index (κ3) is 3.30. The lowest BCUT2D eigenvalue weighted by Gasteiger charge is -2.34. The molecular formula is C33H23FN2O4. The molecule has 0 saturated carbocycles. The molecule has 0 saturated heterocycles. The number of fused-ring (bicyclic) bond motifs is 5. The number of para-hydroxylation sites is 1. The zero-order valence-corrected chi connectivity index (χ0v) is 21.6. The van der Waals surface area contributed by atoms with Gasteiger partial charge in [-0.2, -0.15) is 0 Å². The van der Waals surface area contributed by atoms with E-state index in [0.29, 0.717) is 11.3 Å². The van der Waals surface area contributed by atoms with Gasteiger partial charge in [-0.3, -0.25) is 14.4 Å². The van der Waals surface area contributed by atoms with Crippen LogP contribution < -0.4 is 10.3 Å². The van der Waals surface area contributed by atoms with Crippen LogP contribution in [-0.4, -0.2) is 16.7 Å². The van der Waals surface area contributed by atoms with E-state index in [2.05, 4.69) is 0 Å². The molecular weight excluding hydrogens is 507 g/mol. The highest BCUT2D eigenvalue weighted by Gasteiger charge is 2.65. The van der Waals surface area contributed by atoms with E-state index in [4.69, 9.17) is 4.42 Å². The summed E-state index contributed by atoms with van der Waals surface area (Å²) in [6.07, 6.45) is 0. The smallest absolute Gasteiger partial charge is 0.291 e. The Morgan fingerprint density at radius 2 is 1.55 bits per heavy atom. The van der Waals surface area contributed by atoms with Crippen LogP contribution in [0.2, 0.25) is 0 Å². The monoisotopic (exact) mass is 530 g/mol. The zero-order chi connectivity index (χ0) is 27.6. The van der Waals surface area contributed by atoms with Gasteiger partial charge in [0.1, 0.15) is 11.4 Å². The molecule has 0 radical (unpaired) electrons. The lowest BCUT2D eigenvalue weighted by molar-refractivity contribution is -0.126. The number of carbonyl (C=O) groups excluding carboxylic acids is 2. The van der Waals surface area contributed by atoms with Crippen molar-refractivity contribution in [1.29, 1.82) is 0 Å². The van der Waals surface area contributed by atoms with Crippen molar-refractivity contribution in [3.63, 3.8) is 0 Å². The second kappa shape index (κ2) is 8.74. The number of anilines is 1. The minimum atomic E-state index is -1.77. The molecule has 1 spiro atoms. The molecule has 7 heteroatoms. The summed E-state index contributed by atoms with van der Waals surface area (Å²) in [7, 11) is 0. The number of hydrogen-bond acceptors (Lipinski definition) is 4. The molecule has 6 nitrogen and oxygen atoms in total. The maximum absolute atomic E-state index is 14.8. The van der Waals surface area contributed by atoms with Crippen LogP contribution in [0.25, 0.3) is 11.0 Å². The number of rotatable bonds is 4. The molecule has 1 atom stereocenters. The van der Waals surface area contributed by atoms with Crippen molar-refractivity contribution >= 4 is 28.5 Å². The summed E-state index contributed by atoms with van der Waals surface area (Å²) in [5, 5.41) is -0.0186. The molecule has 3 heterocycles. The third-order valence-corrected chi connectivity index (χ3v) is 7.80. The van der Waals surface area contributed by atoms with Crippen molar-refractivity contribution in [2.75, 3.05) is 4.90 Å². The van der Waals surface area contributed by atoms with Crippen LogP contribution in [0.15, 0.2) is 106 Å². The van der Waals surface area contributed by atoms with Gasteiger partial charge in [0.2, 0.25) is 5.76 Å². The molecule has 5 aromatic rings. The topological polar surface area (TPSA) is 70.8 Å². The molecule has 1 aromatic heterocycles. The number of benzene rings is 4. The van der Waals surface area contributed by atoms with Crippen molar-refractivity contribution in [2.24, 2.45) is 0 Å². The first-order chi connectivity index (χ1) is 19.4. The average Bonchev–Trinajstić information content (AvgIpc) is 3.34. The second-order valence-electron chi connectivity index (χ2n) is 10.3. The lowest BCUT2D eigenvalue weighted by Crippen LogP contribution is -2.52. The molecule has 7 rings (SSSR count). The molecule has 1 unspecified atom stereocenters. The lowest BCUT2D eigenvalue weighted by atomic mass is 9.83. The van der Waals surface area contributed by atoms with Gasteiger partial charge >= 0.3 is 0 Å². The van der Waals surface area contributed by atoms with Gasteiger partial charge in [0, 0.05) is 12.1 Å². The Balaban J connectivity index is 1.52. The number of aryl methyl sites for hydroxylation is 1. The Bertz CT molecular complexity index is 1920. The molecule has 40 heavy (non-hydrogen) atoms. The predicted molar refractivity (Wildman–Crippen MR) is 148 cm³/mol. The van der Waals surface area contributed by atoms with E-state index in [-0.39, 0.29) is 35.4 Å². The Morgan fingerprint density at radius 1 is 0.800 bits per heavy atom. The van der Waals surface area contributed by atoms with E-state index in [0.717, 1.165) is 22.8 Å². The highest BCUT2D eigenvalue weighted by atomic mass is 19.1. The van der Waals surface area contributed by atoms with Gasteiger partial charge in [-0.05, 0) is 42.3 Å². The Hall–Kier alpha value is -5.04. The second-order valence-corrected chi connectivity index (χ2v) is 10.3. The molecule has 196 valence electrons. The first-order valence-corrected chi connectivity index (χ1v) is 13.0. The molecule has 2 aliphatic heterocycles. The van der Waals surface area contributed by atoms with Crippen molar-refractivity contribution in [1.82, 2.24) is 4.90 Å². The van der Waals surface area contributed by atoms with Crippen LogP contribution in [0, 0.1) is 12.7 Å². The maximum Gasteiger partial charge on any atom is 0.291 e. The largest absolute Gasteiger partial charge is 0.450 e. The normalized spacial score (nSPS) is 17.6. The van der Waals surface area contributed by atoms with Gasteiger partial charge in [-0.1, -0.05) is 78.4 Å². The highest BCUT2D eigenvalue weighted by Crippen LogP contribution is 2.53. The summed E-state index contributed by atoms with van der Waals surface area (Å²) < 4.78 is 20.3. The Morgan fingerprint density at radius 3 is 2.35 bits per heavy atom. The molecule has 4 aromatic carbocycles. The number of carbonyl (C=O) groups is 2. The maximum atomic E-state index is 14.8. The van der Waals surface area contributed by atoms with Gasteiger partial charge in [-0.15, -0.1) is 0 Å². The fourth-order valence-electron chi connectivity index (χ4n) is 6.10. The minimum absolute atomic E-state index is 0.0186. The standard InChI is InChI=1S/C33H23FN2O4/c1-20-8-7-11-22(16-20)18-35-26-13-6-5-12-25(26)33(32(35)39)28-29(37)24-17-23(34)14-15-27(24)40-30(28)31(38)36(33)19-21-9-3-2-4-10-21/h2-17H,18-19H2,1H3. The van der Waals surface area contributed by atoms with E-state index < -0.39 is 28.6 Å². The van der Waals surface area contributed by atoms with Crippen LogP contribution in [0.1, 0.15) is 38.4 Å². The number of amides is 2. The first-order valence-electron chi connectivity index (χ1n) is 13.0. The van der Waals surface area contributed by atoms with E-state index >= 15 is 0 Å². The van der Waals surface area contributed by atoms with Crippen molar-refractivity contribution in [2.45, 2.75) is 25.6 Å².